The minimum absolute atomic E-state index is 0.00250. The Morgan fingerprint density at radius 2 is 1.62 bits per heavy atom. The molecule has 13 heavy (non-hydrogen) atoms. The first-order valence-electron chi connectivity index (χ1n) is 4.52. The van der Waals surface area contributed by atoms with Crippen LogP contribution >= 0.6 is 0 Å². The van der Waals surface area contributed by atoms with Crippen molar-refractivity contribution in [1.29, 1.82) is 0 Å². The van der Waals surface area contributed by atoms with Gasteiger partial charge < -0.3 is 9.80 Å². The molecule has 0 spiro atoms. The Morgan fingerprint density at radius 1 is 1.15 bits per heavy atom. The van der Waals surface area contributed by atoms with Gasteiger partial charge in [-0.15, -0.1) is 0 Å². The lowest BCUT2D eigenvalue weighted by atomic mass is 10.4. The zero-order valence-corrected chi connectivity index (χ0v) is 8.83. The molecule has 0 atom stereocenters. The zero-order chi connectivity index (χ0) is 10.4. The molecule has 4 nitrogen and oxygen atoms in total. The predicted molar refractivity (Wildman–Crippen MR) is 51.2 cm³/mol. The van der Waals surface area contributed by atoms with Crippen molar-refractivity contribution in [3.05, 3.63) is 0 Å². The summed E-state index contributed by atoms with van der Waals surface area (Å²) in [5.41, 5.74) is 0. The number of amides is 2. The van der Waals surface area contributed by atoms with Crippen LogP contribution in [0.5, 0.6) is 0 Å². The summed E-state index contributed by atoms with van der Waals surface area (Å²) < 4.78 is 0. The summed E-state index contributed by atoms with van der Waals surface area (Å²) >= 11 is 0. The molecule has 0 unspecified atom stereocenters. The van der Waals surface area contributed by atoms with Gasteiger partial charge in [0.1, 0.15) is 0 Å². The van der Waals surface area contributed by atoms with Gasteiger partial charge in [-0.05, 0) is 13.8 Å². The van der Waals surface area contributed by atoms with E-state index in [1.54, 1.807) is 11.9 Å². The largest absolute Gasteiger partial charge is 0.342 e. The van der Waals surface area contributed by atoms with Crippen molar-refractivity contribution in [2.75, 3.05) is 26.7 Å². The average molecular weight is 186 g/mol. The molecule has 0 aromatic heterocycles. The van der Waals surface area contributed by atoms with Crippen molar-refractivity contribution >= 4 is 11.8 Å². The summed E-state index contributed by atoms with van der Waals surface area (Å²) in [4.78, 5) is 25.4. The molecule has 0 aromatic rings. The van der Waals surface area contributed by atoms with Gasteiger partial charge in [0.05, 0.1) is 6.54 Å². The third-order valence-electron chi connectivity index (χ3n) is 2.03. The van der Waals surface area contributed by atoms with Gasteiger partial charge in [0.15, 0.2) is 0 Å². The molecule has 0 N–H and O–H groups in total. The van der Waals surface area contributed by atoms with Crippen LogP contribution in [0.4, 0.5) is 0 Å². The SMILES string of the molecule is CCN(CC)C(=O)CN(C)C(C)=O. The highest BCUT2D eigenvalue weighted by Crippen LogP contribution is 1.92. The number of carbonyl (C=O) groups excluding carboxylic acids is 2. The average Bonchev–Trinajstić information content (AvgIpc) is 2.06. The molecular formula is C9H18N2O2. The van der Waals surface area contributed by atoms with E-state index in [0.717, 1.165) is 0 Å². The van der Waals surface area contributed by atoms with E-state index in [0.29, 0.717) is 13.1 Å². The van der Waals surface area contributed by atoms with Crippen molar-refractivity contribution in [2.45, 2.75) is 20.8 Å². The van der Waals surface area contributed by atoms with Gasteiger partial charge in [-0.25, -0.2) is 0 Å². The highest BCUT2D eigenvalue weighted by Gasteiger charge is 2.13. The smallest absolute Gasteiger partial charge is 0.242 e. The highest BCUT2D eigenvalue weighted by molar-refractivity contribution is 5.83. The Labute approximate surface area is 79.5 Å². The molecule has 2 amide bonds. The van der Waals surface area contributed by atoms with Gasteiger partial charge in [0, 0.05) is 27.1 Å². The molecule has 0 fully saturated rings. The lowest BCUT2D eigenvalue weighted by molar-refractivity contribution is -0.138. The Kier molecular flexibility index (Phi) is 5.11. The van der Waals surface area contributed by atoms with E-state index in [9.17, 15) is 9.59 Å². The normalized spacial score (nSPS) is 9.54. The maximum atomic E-state index is 11.5. The van der Waals surface area contributed by atoms with E-state index in [1.807, 2.05) is 13.8 Å². The quantitative estimate of drug-likeness (QED) is 0.635. The lowest BCUT2D eigenvalue weighted by Gasteiger charge is -2.22. The second kappa shape index (κ2) is 5.56. The fourth-order valence-electron chi connectivity index (χ4n) is 0.991. The third kappa shape index (κ3) is 3.92. The highest BCUT2D eigenvalue weighted by atomic mass is 16.2. The Balaban J connectivity index is 4.05. The summed E-state index contributed by atoms with van der Waals surface area (Å²) in [6, 6.07) is 0. The number of hydrogen-bond acceptors (Lipinski definition) is 2. The van der Waals surface area contributed by atoms with Gasteiger partial charge in [0.25, 0.3) is 0 Å². The first-order chi connectivity index (χ1) is 6.02. The summed E-state index contributed by atoms with van der Waals surface area (Å²) in [6.07, 6.45) is 0. The van der Waals surface area contributed by atoms with Crippen molar-refractivity contribution in [3.8, 4) is 0 Å². The summed E-state index contributed by atoms with van der Waals surface area (Å²) in [6.45, 7) is 6.87. The van der Waals surface area contributed by atoms with Crippen molar-refractivity contribution in [3.63, 3.8) is 0 Å². The van der Waals surface area contributed by atoms with Crippen LogP contribution in [0, 0.1) is 0 Å². The van der Waals surface area contributed by atoms with Gasteiger partial charge in [-0.1, -0.05) is 0 Å². The topological polar surface area (TPSA) is 40.6 Å². The molecule has 4 heteroatoms. The van der Waals surface area contributed by atoms with Crippen LogP contribution in [-0.4, -0.2) is 48.3 Å². The fraction of sp³-hybridized carbons (Fsp3) is 0.778. The van der Waals surface area contributed by atoms with E-state index < -0.39 is 0 Å². The molecule has 0 saturated carbocycles. The van der Waals surface area contributed by atoms with Gasteiger partial charge in [-0.3, -0.25) is 9.59 Å². The minimum atomic E-state index is -0.0829. The van der Waals surface area contributed by atoms with Crippen molar-refractivity contribution in [1.82, 2.24) is 9.80 Å². The van der Waals surface area contributed by atoms with E-state index >= 15 is 0 Å². The number of carbonyl (C=O) groups is 2. The standard InChI is InChI=1S/C9H18N2O2/c1-5-11(6-2)9(13)7-10(4)8(3)12/h5-7H2,1-4H3. The molecule has 0 radical (unpaired) electrons. The van der Waals surface area contributed by atoms with E-state index in [-0.39, 0.29) is 18.4 Å². The van der Waals surface area contributed by atoms with Crippen LogP contribution in [0.1, 0.15) is 20.8 Å². The van der Waals surface area contributed by atoms with Crippen LogP contribution < -0.4 is 0 Å². The number of likely N-dealkylation sites (N-methyl/N-ethyl adjacent to an activating group) is 2. The summed E-state index contributed by atoms with van der Waals surface area (Å²) in [5, 5.41) is 0. The minimum Gasteiger partial charge on any atom is -0.342 e. The van der Waals surface area contributed by atoms with Crippen LogP contribution in [0.3, 0.4) is 0 Å². The van der Waals surface area contributed by atoms with Crippen LogP contribution in [-0.2, 0) is 9.59 Å². The zero-order valence-electron chi connectivity index (χ0n) is 8.83. The van der Waals surface area contributed by atoms with Crippen LogP contribution in [0.25, 0.3) is 0 Å². The van der Waals surface area contributed by atoms with Crippen molar-refractivity contribution < 1.29 is 9.59 Å². The van der Waals surface area contributed by atoms with Crippen molar-refractivity contribution in [2.24, 2.45) is 0 Å². The fourth-order valence-corrected chi connectivity index (χ4v) is 0.991. The number of rotatable bonds is 4. The molecule has 0 aliphatic rings. The first-order valence-corrected chi connectivity index (χ1v) is 4.52. The summed E-state index contributed by atoms with van der Waals surface area (Å²) in [7, 11) is 1.63. The van der Waals surface area contributed by atoms with Crippen LogP contribution in [0.2, 0.25) is 0 Å². The predicted octanol–water partition coefficient (Wildman–Crippen LogP) is 0.333. The van der Waals surface area contributed by atoms with Gasteiger partial charge >= 0.3 is 0 Å². The number of hydrogen-bond donors (Lipinski definition) is 0. The Bertz CT molecular complexity index is 188. The molecule has 76 valence electrons. The maximum absolute atomic E-state index is 11.5. The van der Waals surface area contributed by atoms with Gasteiger partial charge in [0.2, 0.25) is 11.8 Å². The molecule has 0 aliphatic carbocycles. The monoisotopic (exact) mass is 186 g/mol. The molecule has 0 rings (SSSR count). The maximum Gasteiger partial charge on any atom is 0.242 e. The molecule has 0 heterocycles. The van der Waals surface area contributed by atoms with Crippen LogP contribution in [0.15, 0.2) is 0 Å². The van der Waals surface area contributed by atoms with Gasteiger partial charge in [-0.2, -0.15) is 0 Å². The molecule has 0 bridgehead atoms. The second-order valence-corrected chi connectivity index (χ2v) is 2.94. The third-order valence-corrected chi connectivity index (χ3v) is 2.03. The Hall–Kier alpha value is -1.06. The van der Waals surface area contributed by atoms with E-state index in [2.05, 4.69) is 0 Å². The first kappa shape index (κ1) is 11.9. The molecule has 0 aliphatic heterocycles. The summed E-state index contributed by atoms with van der Waals surface area (Å²) in [5.74, 6) is -0.0804. The number of nitrogens with zero attached hydrogens (tertiary/aromatic N) is 2. The Morgan fingerprint density at radius 3 is 1.92 bits per heavy atom. The molecular weight excluding hydrogens is 168 g/mol. The lowest BCUT2D eigenvalue weighted by Crippen LogP contribution is -2.40. The molecule has 0 saturated heterocycles. The molecule has 0 aromatic carbocycles. The van der Waals surface area contributed by atoms with E-state index in [1.165, 1.54) is 11.8 Å². The van der Waals surface area contributed by atoms with E-state index in [4.69, 9.17) is 0 Å². The second-order valence-electron chi connectivity index (χ2n) is 2.94.